The van der Waals surface area contributed by atoms with Crippen LogP contribution in [0.3, 0.4) is 0 Å². The molecule has 15 rings (SSSR count). The van der Waals surface area contributed by atoms with Crippen LogP contribution in [0.25, 0.3) is 54.9 Å². The lowest BCUT2D eigenvalue weighted by Crippen LogP contribution is -2.75. The van der Waals surface area contributed by atoms with E-state index in [1.807, 2.05) is 0 Å². The number of hydrogen-bond donors (Lipinski definition) is 0. The highest BCUT2D eigenvalue weighted by Crippen LogP contribution is 2.60. The van der Waals surface area contributed by atoms with Crippen molar-refractivity contribution in [3.8, 4) is 33.4 Å². The van der Waals surface area contributed by atoms with E-state index in [2.05, 4.69) is 308 Å². The van der Waals surface area contributed by atoms with Gasteiger partial charge < -0.3 is 0 Å². The number of fused-ring (bicyclic) bond motifs is 13. The molecule has 2 heteroatoms. The molecule has 0 spiro atoms. The third kappa shape index (κ3) is 6.48. The lowest BCUT2D eigenvalue weighted by Gasteiger charge is -2.36. The van der Waals surface area contributed by atoms with E-state index in [0.29, 0.717) is 0 Å². The maximum atomic E-state index is 2.68. The third-order valence-electron chi connectivity index (χ3n) is 19.3. The Balaban J connectivity index is 0.940. The van der Waals surface area contributed by atoms with E-state index in [9.17, 15) is 0 Å². The molecule has 0 unspecified atom stereocenters. The van der Waals surface area contributed by atoms with E-state index in [-0.39, 0.29) is 16.2 Å². The standard InChI is InChI=1S/C77H62Si2/c1-75(2)65-47-63-67(76(3,4)69-49-71(57-41-25-27-43-59(57)73(63)69)78(51-29-13-7-14-30-51,52-31-15-8-16-32-52)53-33-17-9-18-34-53)45-61(65)62-46-68-64(48-66(62)75)74-60-44-28-26-42-58(60)72(50-70(74)77(68,5)6)79(54-35-19-10-20-36-54,55-37-21-11-22-38-55)56-39-23-12-24-40-56/h7-50H,1-6H3. The van der Waals surface area contributed by atoms with Gasteiger partial charge in [0.2, 0.25) is 0 Å². The average molecular weight is 1040 g/mol. The number of benzene rings is 12. The molecule has 0 atom stereocenters. The van der Waals surface area contributed by atoms with E-state index in [4.69, 9.17) is 0 Å². The highest BCUT2D eigenvalue weighted by atomic mass is 28.3. The van der Waals surface area contributed by atoms with Crippen molar-refractivity contribution in [1.82, 2.24) is 0 Å². The summed E-state index contributed by atoms with van der Waals surface area (Å²) in [5.74, 6) is 0. The van der Waals surface area contributed by atoms with Gasteiger partial charge in [-0.1, -0.05) is 284 Å². The van der Waals surface area contributed by atoms with Crippen molar-refractivity contribution in [3.63, 3.8) is 0 Å². The Bertz CT molecular complexity index is 3930. The van der Waals surface area contributed by atoms with Gasteiger partial charge in [0, 0.05) is 16.2 Å². The summed E-state index contributed by atoms with van der Waals surface area (Å²) in [6.45, 7) is 15.0. The van der Waals surface area contributed by atoms with Crippen molar-refractivity contribution in [2.24, 2.45) is 0 Å². The molecular weight excluding hydrogens is 981 g/mol. The smallest absolute Gasteiger partial charge is 0.0623 e. The minimum Gasteiger partial charge on any atom is -0.0623 e. The predicted molar refractivity (Wildman–Crippen MR) is 341 cm³/mol. The second-order valence-electron chi connectivity index (χ2n) is 24.2. The van der Waals surface area contributed by atoms with Gasteiger partial charge >= 0.3 is 0 Å². The summed E-state index contributed by atoms with van der Waals surface area (Å²) in [6.07, 6.45) is 0. The predicted octanol–water partition coefficient (Wildman–Crippen LogP) is 13.7. The second-order valence-corrected chi connectivity index (χ2v) is 31.8. The zero-order valence-electron chi connectivity index (χ0n) is 45.9. The lowest BCUT2D eigenvalue weighted by molar-refractivity contribution is 0.649. The van der Waals surface area contributed by atoms with E-state index >= 15 is 0 Å². The van der Waals surface area contributed by atoms with Crippen molar-refractivity contribution in [2.75, 3.05) is 0 Å². The Labute approximate surface area is 467 Å². The fourth-order valence-electron chi connectivity index (χ4n) is 15.6. The van der Waals surface area contributed by atoms with Gasteiger partial charge in [-0.15, -0.1) is 0 Å². The van der Waals surface area contributed by atoms with Crippen LogP contribution in [0.15, 0.2) is 267 Å². The molecule has 79 heavy (non-hydrogen) atoms. The van der Waals surface area contributed by atoms with Crippen LogP contribution in [0.4, 0.5) is 0 Å². The van der Waals surface area contributed by atoms with Crippen LogP contribution in [0, 0.1) is 0 Å². The summed E-state index contributed by atoms with van der Waals surface area (Å²) >= 11 is 0. The van der Waals surface area contributed by atoms with Gasteiger partial charge in [-0.25, -0.2) is 0 Å². The molecule has 12 aromatic carbocycles. The quantitative estimate of drug-likeness (QED) is 0.105. The first kappa shape index (κ1) is 47.8. The Morgan fingerprint density at radius 2 is 0.430 bits per heavy atom. The molecule has 0 bridgehead atoms. The Kier molecular flexibility index (Phi) is 10.5. The van der Waals surface area contributed by atoms with Crippen molar-refractivity contribution >= 4 is 79.2 Å². The van der Waals surface area contributed by atoms with Gasteiger partial charge in [-0.3, -0.25) is 0 Å². The number of hydrogen-bond acceptors (Lipinski definition) is 0. The molecule has 0 aromatic heterocycles. The molecule has 0 amide bonds. The van der Waals surface area contributed by atoms with E-state index in [1.54, 1.807) is 0 Å². The van der Waals surface area contributed by atoms with Gasteiger partial charge in [0.25, 0.3) is 0 Å². The van der Waals surface area contributed by atoms with Crippen LogP contribution in [-0.4, -0.2) is 16.1 Å². The molecular formula is C77H62Si2. The second kappa shape index (κ2) is 17.3. The maximum Gasteiger partial charge on any atom is 0.180 e. The van der Waals surface area contributed by atoms with Gasteiger partial charge in [-0.05, 0) is 154 Å². The fourth-order valence-corrected chi connectivity index (χ4v) is 25.5. The molecule has 0 saturated heterocycles. The molecule has 378 valence electrons. The van der Waals surface area contributed by atoms with Crippen LogP contribution in [-0.2, 0) is 16.2 Å². The van der Waals surface area contributed by atoms with Crippen LogP contribution in [0.5, 0.6) is 0 Å². The Hall–Kier alpha value is -8.41. The average Bonchev–Trinajstić information content (AvgIpc) is 3.81. The summed E-state index contributed by atoms with van der Waals surface area (Å²) in [4.78, 5) is 0. The van der Waals surface area contributed by atoms with E-state index in [0.717, 1.165) is 0 Å². The molecule has 3 aliphatic rings. The topological polar surface area (TPSA) is 0 Å². The molecule has 0 N–H and O–H groups in total. The molecule has 12 aromatic rings. The van der Waals surface area contributed by atoms with Gasteiger partial charge in [0.05, 0.1) is 0 Å². The molecule has 3 aliphatic carbocycles. The first-order valence-electron chi connectivity index (χ1n) is 28.3. The van der Waals surface area contributed by atoms with Crippen LogP contribution < -0.4 is 41.5 Å². The van der Waals surface area contributed by atoms with Crippen molar-refractivity contribution < 1.29 is 0 Å². The van der Waals surface area contributed by atoms with Crippen LogP contribution in [0.1, 0.15) is 74.9 Å². The molecule has 0 heterocycles. The van der Waals surface area contributed by atoms with Crippen molar-refractivity contribution in [3.05, 3.63) is 300 Å². The normalized spacial score (nSPS) is 15.0. The van der Waals surface area contributed by atoms with Crippen LogP contribution >= 0.6 is 0 Å². The Morgan fingerprint density at radius 3 is 0.709 bits per heavy atom. The minimum atomic E-state index is -2.89. The molecule has 0 saturated carbocycles. The van der Waals surface area contributed by atoms with Gasteiger partial charge in [0.15, 0.2) is 16.1 Å². The molecule has 0 radical (unpaired) electrons. The van der Waals surface area contributed by atoms with Crippen molar-refractivity contribution in [2.45, 2.75) is 57.8 Å². The molecule has 0 fully saturated rings. The summed E-state index contributed by atoms with van der Waals surface area (Å²) in [7, 11) is -5.79. The first-order valence-corrected chi connectivity index (χ1v) is 32.3. The third-order valence-corrected chi connectivity index (χ3v) is 29.0. The lowest BCUT2D eigenvalue weighted by atomic mass is 9.78. The SMILES string of the molecule is CC1(C)c2cc3c(cc2-c2cc4c(cc21)-c1c(cc([Si](c2ccccc2)(c2ccccc2)c2ccccc2)c2ccccc12)C4(C)C)C(C)(C)c1cc([Si](c2ccccc2)(c2ccccc2)c2ccccc2)c2ccccc2c1-3. The van der Waals surface area contributed by atoms with Gasteiger partial charge in [-0.2, -0.15) is 0 Å². The Morgan fingerprint density at radius 1 is 0.215 bits per heavy atom. The maximum absolute atomic E-state index is 2.89. The zero-order valence-corrected chi connectivity index (χ0v) is 47.9. The highest BCUT2D eigenvalue weighted by molar-refractivity contribution is 7.21. The first-order chi connectivity index (χ1) is 38.5. The largest absolute Gasteiger partial charge is 0.180 e. The molecule has 0 aliphatic heterocycles. The fraction of sp³-hybridized carbons (Fsp3) is 0.117. The van der Waals surface area contributed by atoms with E-state index in [1.165, 1.54) is 130 Å². The number of rotatable bonds is 8. The summed E-state index contributed by atoms with van der Waals surface area (Å²) in [5, 5.41) is 16.7. The minimum absolute atomic E-state index is 0.244. The van der Waals surface area contributed by atoms with Crippen molar-refractivity contribution in [1.29, 1.82) is 0 Å². The zero-order chi connectivity index (χ0) is 53.5. The summed E-state index contributed by atoms with van der Waals surface area (Å²) < 4.78 is 0. The van der Waals surface area contributed by atoms with Gasteiger partial charge in [0.1, 0.15) is 0 Å². The molecule has 0 nitrogen and oxygen atoms in total. The monoisotopic (exact) mass is 1040 g/mol. The summed E-state index contributed by atoms with van der Waals surface area (Å²) in [6, 6.07) is 103. The van der Waals surface area contributed by atoms with Crippen LogP contribution in [0.2, 0.25) is 0 Å². The summed E-state index contributed by atoms with van der Waals surface area (Å²) in [5.41, 5.74) is 16.1. The van der Waals surface area contributed by atoms with E-state index < -0.39 is 16.1 Å². The highest BCUT2D eigenvalue weighted by Gasteiger charge is 2.50.